The maximum absolute atomic E-state index is 6.21. The van der Waals surface area contributed by atoms with Crippen molar-refractivity contribution in [3.63, 3.8) is 0 Å². The SMILES string of the molecule is CCCCCCCCCCCOc1cccc(OCCCCCCCCCCC)c1CCC. The van der Waals surface area contributed by atoms with Crippen molar-refractivity contribution in [2.24, 2.45) is 0 Å². The summed E-state index contributed by atoms with van der Waals surface area (Å²) in [5, 5.41) is 0. The van der Waals surface area contributed by atoms with Gasteiger partial charge >= 0.3 is 0 Å². The molecule has 0 aliphatic heterocycles. The molecule has 2 nitrogen and oxygen atoms in total. The third-order valence-corrected chi connectivity index (χ3v) is 6.60. The Morgan fingerprint density at radius 1 is 0.455 bits per heavy atom. The summed E-state index contributed by atoms with van der Waals surface area (Å²) in [6.45, 7) is 8.46. The number of unbranched alkanes of at least 4 members (excludes halogenated alkanes) is 16. The van der Waals surface area contributed by atoms with E-state index in [1.807, 2.05) is 0 Å². The van der Waals surface area contributed by atoms with Gasteiger partial charge in [0.2, 0.25) is 0 Å². The van der Waals surface area contributed by atoms with E-state index in [1.54, 1.807) is 0 Å². The lowest BCUT2D eigenvalue weighted by atomic mass is 10.1. The fourth-order valence-corrected chi connectivity index (χ4v) is 4.50. The van der Waals surface area contributed by atoms with Crippen molar-refractivity contribution in [3.8, 4) is 11.5 Å². The van der Waals surface area contributed by atoms with Crippen LogP contribution in [0.15, 0.2) is 18.2 Å². The Hall–Kier alpha value is -1.18. The molecule has 0 amide bonds. The summed E-state index contributed by atoms with van der Waals surface area (Å²) >= 11 is 0. The monoisotopic (exact) mass is 460 g/mol. The average Bonchev–Trinajstić information content (AvgIpc) is 2.83. The van der Waals surface area contributed by atoms with E-state index < -0.39 is 0 Å². The Labute approximate surface area is 207 Å². The van der Waals surface area contributed by atoms with Crippen LogP contribution in [0.25, 0.3) is 0 Å². The molecule has 2 heteroatoms. The molecule has 1 aromatic carbocycles. The minimum absolute atomic E-state index is 0.828. The molecule has 0 bridgehead atoms. The summed E-state index contributed by atoms with van der Waals surface area (Å²) in [5.74, 6) is 2.09. The van der Waals surface area contributed by atoms with Gasteiger partial charge in [0.25, 0.3) is 0 Å². The Morgan fingerprint density at radius 2 is 0.818 bits per heavy atom. The molecule has 0 radical (unpaired) electrons. The molecule has 0 saturated heterocycles. The molecule has 33 heavy (non-hydrogen) atoms. The molecule has 1 aromatic rings. The van der Waals surface area contributed by atoms with Gasteiger partial charge in [-0.3, -0.25) is 0 Å². The van der Waals surface area contributed by atoms with Gasteiger partial charge in [0, 0.05) is 5.56 Å². The predicted molar refractivity (Wildman–Crippen MR) is 146 cm³/mol. The van der Waals surface area contributed by atoms with Crippen LogP contribution in [0.1, 0.15) is 148 Å². The van der Waals surface area contributed by atoms with Gasteiger partial charge in [-0.25, -0.2) is 0 Å². The van der Waals surface area contributed by atoms with Crippen LogP contribution in [-0.4, -0.2) is 13.2 Å². The maximum Gasteiger partial charge on any atom is 0.126 e. The molecule has 0 atom stereocenters. The van der Waals surface area contributed by atoms with Gasteiger partial charge in [0.1, 0.15) is 11.5 Å². The van der Waals surface area contributed by atoms with Gasteiger partial charge < -0.3 is 9.47 Å². The van der Waals surface area contributed by atoms with Crippen LogP contribution in [0.4, 0.5) is 0 Å². The summed E-state index contributed by atoms with van der Waals surface area (Å²) in [5.41, 5.74) is 1.27. The summed E-state index contributed by atoms with van der Waals surface area (Å²) < 4.78 is 12.4. The molecule has 0 aliphatic carbocycles. The van der Waals surface area contributed by atoms with Crippen LogP contribution >= 0.6 is 0 Å². The lowest BCUT2D eigenvalue weighted by molar-refractivity contribution is 0.284. The Balaban J connectivity index is 2.22. The Bertz CT molecular complexity index is 497. The first-order chi connectivity index (χ1) is 16.3. The normalized spacial score (nSPS) is 11.1. The van der Waals surface area contributed by atoms with Gasteiger partial charge in [0.15, 0.2) is 0 Å². The highest BCUT2D eigenvalue weighted by Crippen LogP contribution is 2.30. The molecule has 0 saturated carbocycles. The van der Waals surface area contributed by atoms with Crippen molar-refractivity contribution in [2.45, 2.75) is 149 Å². The van der Waals surface area contributed by atoms with Gasteiger partial charge in [0.05, 0.1) is 13.2 Å². The molecular weight excluding hydrogens is 404 g/mol. The first-order valence-corrected chi connectivity index (χ1v) is 14.7. The molecule has 0 aliphatic rings. The second kappa shape index (κ2) is 22.6. The predicted octanol–water partition coefficient (Wildman–Crippen LogP) is 10.5. The van der Waals surface area contributed by atoms with Crippen molar-refractivity contribution in [2.75, 3.05) is 13.2 Å². The topological polar surface area (TPSA) is 18.5 Å². The van der Waals surface area contributed by atoms with E-state index in [-0.39, 0.29) is 0 Å². The lowest BCUT2D eigenvalue weighted by Gasteiger charge is -2.16. The second-order valence-corrected chi connectivity index (χ2v) is 9.84. The van der Waals surface area contributed by atoms with E-state index in [0.29, 0.717) is 0 Å². The van der Waals surface area contributed by atoms with Crippen molar-refractivity contribution < 1.29 is 9.47 Å². The Kier molecular flexibility index (Phi) is 20.4. The van der Waals surface area contributed by atoms with Gasteiger partial charge in [-0.2, -0.15) is 0 Å². The minimum Gasteiger partial charge on any atom is -0.493 e. The van der Waals surface area contributed by atoms with Crippen LogP contribution in [0.3, 0.4) is 0 Å². The fraction of sp³-hybridized carbons (Fsp3) is 0.806. The largest absolute Gasteiger partial charge is 0.493 e. The van der Waals surface area contributed by atoms with Crippen LogP contribution < -0.4 is 9.47 Å². The molecular formula is C31H56O2. The molecule has 0 heterocycles. The summed E-state index contributed by atoms with van der Waals surface area (Å²) in [7, 11) is 0. The van der Waals surface area contributed by atoms with Gasteiger partial charge in [-0.1, -0.05) is 136 Å². The lowest BCUT2D eigenvalue weighted by Crippen LogP contribution is -2.04. The van der Waals surface area contributed by atoms with Gasteiger partial charge in [-0.15, -0.1) is 0 Å². The van der Waals surface area contributed by atoms with Crippen molar-refractivity contribution in [1.82, 2.24) is 0 Å². The smallest absolute Gasteiger partial charge is 0.126 e. The fourth-order valence-electron chi connectivity index (χ4n) is 4.50. The highest BCUT2D eigenvalue weighted by atomic mass is 16.5. The number of rotatable bonds is 24. The van der Waals surface area contributed by atoms with Crippen LogP contribution in [0, 0.1) is 0 Å². The third kappa shape index (κ3) is 16.1. The van der Waals surface area contributed by atoms with Crippen LogP contribution in [-0.2, 0) is 6.42 Å². The zero-order valence-corrected chi connectivity index (χ0v) is 22.6. The zero-order chi connectivity index (χ0) is 23.8. The number of hydrogen-bond acceptors (Lipinski definition) is 2. The minimum atomic E-state index is 0.828. The molecule has 1 rings (SSSR count). The van der Waals surface area contributed by atoms with E-state index in [0.717, 1.165) is 50.4 Å². The number of benzene rings is 1. The molecule has 0 spiro atoms. The highest BCUT2D eigenvalue weighted by molar-refractivity contribution is 5.45. The van der Waals surface area contributed by atoms with E-state index in [4.69, 9.17) is 9.47 Å². The van der Waals surface area contributed by atoms with E-state index in [2.05, 4.69) is 39.0 Å². The molecule has 0 fully saturated rings. The molecule has 192 valence electrons. The van der Waals surface area contributed by atoms with Crippen molar-refractivity contribution in [3.05, 3.63) is 23.8 Å². The Morgan fingerprint density at radius 3 is 1.18 bits per heavy atom. The summed E-state index contributed by atoms with van der Waals surface area (Å²) in [6, 6.07) is 6.35. The van der Waals surface area contributed by atoms with E-state index in [1.165, 1.54) is 108 Å². The maximum atomic E-state index is 6.21. The summed E-state index contributed by atoms with van der Waals surface area (Å²) in [4.78, 5) is 0. The first-order valence-electron chi connectivity index (χ1n) is 14.7. The first kappa shape index (κ1) is 29.9. The standard InChI is InChI=1S/C31H56O2/c1-4-7-9-11-13-15-17-19-21-27-32-30-25-23-26-31(29(30)24-6-3)33-28-22-20-18-16-14-12-10-8-5-2/h23,25-26H,4-22,24,27-28H2,1-3H3. The second-order valence-electron chi connectivity index (χ2n) is 9.84. The number of ether oxygens (including phenoxy) is 2. The van der Waals surface area contributed by atoms with E-state index in [9.17, 15) is 0 Å². The zero-order valence-electron chi connectivity index (χ0n) is 22.6. The highest BCUT2D eigenvalue weighted by Gasteiger charge is 2.10. The third-order valence-electron chi connectivity index (χ3n) is 6.60. The molecule has 0 aromatic heterocycles. The van der Waals surface area contributed by atoms with Crippen molar-refractivity contribution in [1.29, 1.82) is 0 Å². The van der Waals surface area contributed by atoms with Crippen LogP contribution in [0.5, 0.6) is 11.5 Å². The quantitative estimate of drug-likeness (QED) is 0.143. The number of hydrogen-bond donors (Lipinski definition) is 0. The molecule has 0 unspecified atom stereocenters. The van der Waals surface area contributed by atoms with E-state index >= 15 is 0 Å². The average molecular weight is 461 g/mol. The van der Waals surface area contributed by atoms with Crippen LogP contribution in [0.2, 0.25) is 0 Å². The molecule has 0 N–H and O–H groups in total. The van der Waals surface area contributed by atoms with Crippen molar-refractivity contribution >= 4 is 0 Å². The summed E-state index contributed by atoms with van der Waals surface area (Å²) in [6.07, 6.45) is 26.4. The van der Waals surface area contributed by atoms with Gasteiger partial charge in [-0.05, 0) is 31.4 Å².